The zero-order valence-electron chi connectivity index (χ0n) is 11.2. The summed E-state index contributed by atoms with van der Waals surface area (Å²) in [6, 6.07) is 7.34. The molecule has 1 aliphatic heterocycles. The summed E-state index contributed by atoms with van der Waals surface area (Å²) in [4.78, 5) is 25.2. The highest BCUT2D eigenvalue weighted by molar-refractivity contribution is 5.83. The maximum Gasteiger partial charge on any atom is 0.331 e. The van der Waals surface area contributed by atoms with E-state index in [0.717, 1.165) is 24.8 Å². The molecular formula is C15H19NO3. The number of aryl methyl sites for hydroxylation is 1. The number of benzene rings is 1. The van der Waals surface area contributed by atoms with Crippen molar-refractivity contribution in [2.45, 2.75) is 32.6 Å². The third kappa shape index (κ3) is 4.09. The van der Waals surface area contributed by atoms with Gasteiger partial charge in [-0.25, -0.2) is 4.79 Å². The first-order chi connectivity index (χ1) is 9.15. The number of ether oxygens (including phenoxy) is 1. The van der Waals surface area contributed by atoms with Gasteiger partial charge in [0.15, 0.2) is 0 Å². The van der Waals surface area contributed by atoms with Gasteiger partial charge in [0.25, 0.3) is 0 Å². The van der Waals surface area contributed by atoms with Crippen LogP contribution in [0.2, 0.25) is 0 Å². The van der Waals surface area contributed by atoms with Gasteiger partial charge >= 0.3 is 5.97 Å². The Bertz CT molecular complexity index is 470. The van der Waals surface area contributed by atoms with Crippen LogP contribution in [0.25, 0.3) is 0 Å². The summed E-state index contributed by atoms with van der Waals surface area (Å²) < 4.78 is 5.25. The third-order valence-electron chi connectivity index (χ3n) is 3.21. The maximum atomic E-state index is 11.8. The van der Waals surface area contributed by atoms with Gasteiger partial charge in [0.2, 0.25) is 5.91 Å². The van der Waals surface area contributed by atoms with E-state index in [0.29, 0.717) is 18.7 Å². The number of nitrogens with zero attached hydrogens (tertiary/aromatic N) is 1. The Balaban J connectivity index is 1.91. The van der Waals surface area contributed by atoms with Crippen LogP contribution in [0.1, 0.15) is 31.2 Å². The summed E-state index contributed by atoms with van der Waals surface area (Å²) in [5, 5.41) is 0. The summed E-state index contributed by atoms with van der Waals surface area (Å²) in [6.07, 6.45) is 3.47. The second kappa shape index (κ2) is 6.36. The molecule has 0 N–H and O–H groups in total. The molecule has 0 aromatic heterocycles. The highest BCUT2D eigenvalue weighted by Crippen LogP contribution is 2.14. The van der Waals surface area contributed by atoms with E-state index in [1.807, 2.05) is 25.1 Å². The molecule has 0 bridgehead atoms. The fourth-order valence-electron chi connectivity index (χ4n) is 2.20. The number of rotatable bonds is 3. The fraction of sp³-hybridized carbons (Fsp3) is 0.467. The van der Waals surface area contributed by atoms with Crippen molar-refractivity contribution in [3.05, 3.63) is 29.8 Å². The van der Waals surface area contributed by atoms with Crippen molar-refractivity contribution >= 4 is 11.9 Å². The van der Waals surface area contributed by atoms with Gasteiger partial charge in [-0.3, -0.25) is 4.79 Å². The minimum Gasteiger partial charge on any atom is -0.425 e. The van der Waals surface area contributed by atoms with E-state index in [1.54, 1.807) is 11.0 Å². The van der Waals surface area contributed by atoms with Crippen LogP contribution in [-0.4, -0.2) is 29.9 Å². The number of likely N-dealkylation sites (tertiary alicyclic amines) is 1. The molecule has 0 atom stereocenters. The summed E-state index contributed by atoms with van der Waals surface area (Å²) in [7, 11) is 0. The standard InChI is InChI=1S/C15H19NO3/c1-12-6-5-7-13(10-12)19-15(18)11-16-9-4-2-3-8-14(16)17/h5-7,10H,2-4,8-9,11H2,1H3. The highest BCUT2D eigenvalue weighted by atomic mass is 16.5. The molecule has 0 spiro atoms. The molecule has 1 amide bonds. The van der Waals surface area contributed by atoms with Gasteiger partial charge in [0.05, 0.1) is 0 Å². The van der Waals surface area contributed by atoms with Gasteiger partial charge in [-0.05, 0) is 37.5 Å². The van der Waals surface area contributed by atoms with E-state index >= 15 is 0 Å². The summed E-state index contributed by atoms with van der Waals surface area (Å²) >= 11 is 0. The van der Waals surface area contributed by atoms with Crippen LogP contribution in [0.4, 0.5) is 0 Å². The van der Waals surface area contributed by atoms with E-state index in [1.165, 1.54) is 0 Å². The van der Waals surface area contributed by atoms with Crippen molar-refractivity contribution in [2.24, 2.45) is 0 Å². The molecule has 1 fully saturated rings. The molecule has 1 saturated heterocycles. The number of amides is 1. The van der Waals surface area contributed by atoms with E-state index in [4.69, 9.17) is 4.74 Å². The lowest BCUT2D eigenvalue weighted by Gasteiger charge is -2.19. The smallest absolute Gasteiger partial charge is 0.331 e. The molecule has 0 unspecified atom stereocenters. The van der Waals surface area contributed by atoms with Crippen LogP contribution >= 0.6 is 0 Å². The minimum absolute atomic E-state index is 0.0484. The number of carbonyl (C=O) groups is 2. The van der Waals surface area contributed by atoms with Crippen molar-refractivity contribution < 1.29 is 14.3 Å². The second-order valence-electron chi connectivity index (χ2n) is 4.92. The molecule has 2 rings (SSSR count). The van der Waals surface area contributed by atoms with Crippen molar-refractivity contribution in [1.29, 1.82) is 0 Å². The zero-order chi connectivity index (χ0) is 13.7. The molecular weight excluding hydrogens is 242 g/mol. The minimum atomic E-state index is -0.374. The lowest BCUT2D eigenvalue weighted by atomic mass is 10.2. The summed E-state index contributed by atoms with van der Waals surface area (Å²) in [5.74, 6) is 0.215. The SMILES string of the molecule is Cc1cccc(OC(=O)CN2CCCCCC2=O)c1. The first-order valence-corrected chi connectivity index (χ1v) is 6.70. The molecule has 1 aliphatic rings. The van der Waals surface area contributed by atoms with Gasteiger partial charge in [0.1, 0.15) is 12.3 Å². The molecule has 0 radical (unpaired) electrons. The predicted molar refractivity (Wildman–Crippen MR) is 71.9 cm³/mol. The van der Waals surface area contributed by atoms with Crippen LogP contribution in [0.3, 0.4) is 0 Å². The van der Waals surface area contributed by atoms with Gasteiger partial charge in [-0.2, -0.15) is 0 Å². The van der Waals surface area contributed by atoms with Crippen molar-refractivity contribution in [2.75, 3.05) is 13.1 Å². The molecule has 1 heterocycles. The summed E-state index contributed by atoms with van der Waals surface area (Å²) in [5.41, 5.74) is 1.04. The average Bonchev–Trinajstić information content (AvgIpc) is 2.55. The van der Waals surface area contributed by atoms with Crippen molar-refractivity contribution in [3.63, 3.8) is 0 Å². The van der Waals surface area contributed by atoms with Crippen LogP contribution in [-0.2, 0) is 9.59 Å². The quantitative estimate of drug-likeness (QED) is 0.619. The second-order valence-corrected chi connectivity index (χ2v) is 4.92. The van der Waals surface area contributed by atoms with Gasteiger partial charge in [0, 0.05) is 13.0 Å². The predicted octanol–water partition coefficient (Wildman–Crippen LogP) is 2.30. The number of esters is 1. The Hall–Kier alpha value is -1.84. The Morgan fingerprint density at radius 1 is 1.32 bits per heavy atom. The Morgan fingerprint density at radius 2 is 2.16 bits per heavy atom. The highest BCUT2D eigenvalue weighted by Gasteiger charge is 2.20. The number of carbonyl (C=O) groups excluding carboxylic acids is 2. The van der Waals surface area contributed by atoms with Crippen LogP contribution in [0.5, 0.6) is 5.75 Å². The van der Waals surface area contributed by atoms with Gasteiger partial charge in [-0.1, -0.05) is 18.6 Å². The maximum absolute atomic E-state index is 11.8. The largest absolute Gasteiger partial charge is 0.425 e. The van der Waals surface area contributed by atoms with Crippen molar-refractivity contribution in [3.8, 4) is 5.75 Å². The van der Waals surface area contributed by atoms with E-state index in [-0.39, 0.29) is 18.4 Å². The Morgan fingerprint density at radius 3 is 2.95 bits per heavy atom. The molecule has 4 nitrogen and oxygen atoms in total. The summed E-state index contributed by atoms with van der Waals surface area (Å²) in [6.45, 7) is 2.64. The average molecular weight is 261 g/mol. The fourth-order valence-corrected chi connectivity index (χ4v) is 2.20. The lowest BCUT2D eigenvalue weighted by molar-refractivity contribution is -0.142. The van der Waals surface area contributed by atoms with E-state index < -0.39 is 0 Å². The van der Waals surface area contributed by atoms with E-state index in [2.05, 4.69) is 0 Å². The molecule has 0 saturated carbocycles. The monoisotopic (exact) mass is 261 g/mol. The number of hydrogen-bond acceptors (Lipinski definition) is 3. The topological polar surface area (TPSA) is 46.6 Å². The van der Waals surface area contributed by atoms with Gasteiger partial charge < -0.3 is 9.64 Å². The van der Waals surface area contributed by atoms with Crippen LogP contribution < -0.4 is 4.74 Å². The lowest BCUT2D eigenvalue weighted by Crippen LogP contribution is -2.36. The molecule has 1 aromatic carbocycles. The Labute approximate surface area is 113 Å². The normalized spacial score (nSPS) is 16.1. The number of hydrogen-bond donors (Lipinski definition) is 0. The molecule has 19 heavy (non-hydrogen) atoms. The first kappa shape index (κ1) is 13.6. The zero-order valence-corrected chi connectivity index (χ0v) is 11.2. The van der Waals surface area contributed by atoms with Crippen LogP contribution in [0.15, 0.2) is 24.3 Å². The van der Waals surface area contributed by atoms with Crippen molar-refractivity contribution in [1.82, 2.24) is 4.90 Å². The van der Waals surface area contributed by atoms with Gasteiger partial charge in [-0.15, -0.1) is 0 Å². The first-order valence-electron chi connectivity index (χ1n) is 6.70. The van der Waals surface area contributed by atoms with Crippen LogP contribution in [0, 0.1) is 6.92 Å². The molecule has 1 aromatic rings. The third-order valence-corrected chi connectivity index (χ3v) is 3.21. The molecule has 102 valence electrons. The Kier molecular flexibility index (Phi) is 4.55. The van der Waals surface area contributed by atoms with E-state index in [9.17, 15) is 9.59 Å². The molecule has 0 aliphatic carbocycles. The molecule has 4 heteroatoms.